The number of urea groups is 1. The third kappa shape index (κ3) is 6.55. The molecule has 3 aromatic carbocycles. The normalized spacial score (nSPS) is 11.1. The number of hydrogen-bond acceptors (Lipinski definition) is 6. The minimum atomic E-state index is -0.460. The first-order chi connectivity index (χ1) is 21.4. The second-order valence-corrected chi connectivity index (χ2v) is 10.5. The zero-order chi connectivity index (χ0) is 30.5. The number of imidazole rings is 1. The number of amides is 2. The first-order valence-electron chi connectivity index (χ1n) is 14.2. The Kier molecular flexibility index (Phi) is 8.24. The molecule has 0 unspecified atom stereocenters. The molecule has 0 fully saturated rings. The van der Waals surface area contributed by atoms with E-state index < -0.39 is 5.82 Å². The van der Waals surface area contributed by atoms with E-state index in [0.717, 1.165) is 18.7 Å². The molecule has 3 heterocycles. The largest absolute Gasteiger partial charge is 0.324 e. The molecule has 44 heavy (non-hydrogen) atoms. The van der Waals surface area contributed by atoms with Gasteiger partial charge in [0.2, 0.25) is 5.95 Å². The number of rotatable bonds is 9. The summed E-state index contributed by atoms with van der Waals surface area (Å²) in [5.74, 6) is -0.0592. The summed E-state index contributed by atoms with van der Waals surface area (Å²) in [4.78, 5) is 28.7. The van der Waals surface area contributed by atoms with Crippen LogP contribution in [0.5, 0.6) is 0 Å². The Morgan fingerprint density at radius 1 is 0.841 bits per heavy atom. The predicted octanol–water partition coefficient (Wildman–Crippen LogP) is 7.09. The lowest BCUT2D eigenvalue weighted by atomic mass is 10.1. The minimum Gasteiger partial charge on any atom is -0.324 e. The lowest BCUT2D eigenvalue weighted by Gasteiger charge is -2.12. The highest BCUT2D eigenvalue weighted by Crippen LogP contribution is 2.34. The molecule has 0 atom stereocenters. The molecule has 3 N–H and O–H groups in total. The van der Waals surface area contributed by atoms with Gasteiger partial charge in [-0.15, -0.1) is 0 Å². The number of carbonyl (C=O) groups is 1. The number of carbonyl (C=O) groups excluding carboxylic acids is 1. The summed E-state index contributed by atoms with van der Waals surface area (Å²) >= 11 is 0. The molecule has 2 amide bonds. The van der Waals surface area contributed by atoms with Gasteiger partial charge < -0.3 is 20.9 Å². The van der Waals surface area contributed by atoms with Crippen LogP contribution >= 0.6 is 0 Å². The van der Waals surface area contributed by atoms with Gasteiger partial charge in [0.05, 0.1) is 17.1 Å². The van der Waals surface area contributed by atoms with Crippen LogP contribution < -0.4 is 16.0 Å². The number of pyridine rings is 1. The Morgan fingerprint density at radius 2 is 1.61 bits per heavy atom. The van der Waals surface area contributed by atoms with Crippen molar-refractivity contribution in [2.24, 2.45) is 0 Å². The van der Waals surface area contributed by atoms with Crippen molar-refractivity contribution in [2.45, 2.75) is 6.42 Å². The summed E-state index contributed by atoms with van der Waals surface area (Å²) in [7, 11) is 4.11. The van der Waals surface area contributed by atoms with Crippen molar-refractivity contribution in [1.29, 1.82) is 0 Å². The number of benzene rings is 3. The summed E-state index contributed by atoms with van der Waals surface area (Å²) in [6.45, 7) is 0.942. The van der Waals surface area contributed by atoms with E-state index >= 15 is 0 Å². The van der Waals surface area contributed by atoms with E-state index in [1.165, 1.54) is 11.6 Å². The Bertz CT molecular complexity index is 1920. The van der Waals surface area contributed by atoms with Gasteiger partial charge in [-0.2, -0.15) is 0 Å². The summed E-state index contributed by atoms with van der Waals surface area (Å²) in [5.41, 5.74) is 5.81. The number of aromatic nitrogens is 4. The lowest BCUT2D eigenvalue weighted by molar-refractivity contribution is 0.262. The smallest absolute Gasteiger partial charge is 0.323 e. The summed E-state index contributed by atoms with van der Waals surface area (Å²) in [6, 6.07) is 29.0. The van der Waals surface area contributed by atoms with Crippen molar-refractivity contribution in [3.8, 4) is 22.6 Å². The van der Waals surface area contributed by atoms with E-state index in [1.807, 2.05) is 42.5 Å². The van der Waals surface area contributed by atoms with Crippen LogP contribution in [0.15, 0.2) is 109 Å². The van der Waals surface area contributed by atoms with E-state index in [-0.39, 0.29) is 11.7 Å². The number of anilines is 4. The quantitative estimate of drug-likeness (QED) is 0.167. The average Bonchev–Trinajstić information content (AvgIpc) is 3.42. The highest BCUT2D eigenvalue weighted by molar-refractivity contribution is 6.00. The Hall–Kier alpha value is -5.61. The fraction of sp³-hybridized carbons (Fsp3) is 0.118. The standard InChI is InChI=1S/C34H31FN8O/c1-42(2)20-17-23-9-6-13-26(21-23)37-33-36-18-16-29(40-33)31-30(41-32-28(35)15-8-19-43(31)32)24-10-7-14-27(22-24)39-34(44)38-25-11-4-3-5-12-25/h3-16,18-19,21-22H,17,20H2,1-2H3,(H,36,37,40)(H2,38,39,44). The van der Waals surface area contributed by atoms with Crippen LogP contribution in [-0.2, 0) is 6.42 Å². The van der Waals surface area contributed by atoms with Crippen molar-refractivity contribution in [2.75, 3.05) is 36.6 Å². The Morgan fingerprint density at radius 3 is 2.45 bits per heavy atom. The van der Waals surface area contributed by atoms with Gasteiger partial charge in [0.15, 0.2) is 11.5 Å². The molecule has 220 valence electrons. The number of fused-ring (bicyclic) bond motifs is 1. The monoisotopic (exact) mass is 586 g/mol. The molecule has 9 nitrogen and oxygen atoms in total. The van der Waals surface area contributed by atoms with Crippen molar-refractivity contribution in [3.05, 3.63) is 121 Å². The molecule has 0 saturated carbocycles. The Balaban J connectivity index is 1.33. The average molecular weight is 587 g/mol. The summed E-state index contributed by atoms with van der Waals surface area (Å²) in [6.07, 6.45) is 4.33. The number of hydrogen-bond donors (Lipinski definition) is 3. The maximum absolute atomic E-state index is 15.0. The second-order valence-electron chi connectivity index (χ2n) is 10.5. The minimum absolute atomic E-state index is 0.166. The maximum Gasteiger partial charge on any atom is 0.323 e. The van der Waals surface area contributed by atoms with Crippen LogP contribution in [-0.4, -0.2) is 50.9 Å². The second kappa shape index (κ2) is 12.7. The molecule has 3 aromatic heterocycles. The van der Waals surface area contributed by atoms with Gasteiger partial charge in [-0.3, -0.25) is 4.40 Å². The van der Waals surface area contributed by atoms with Crippen LogP contribution in [0.1, 0.15) is 5.56 Å². The molecule has 10 heteroatoms. The van der Waals surface area contributed by atoms with Gasteiger partial charge >= 0.3 is 6.03 Å². The van der Waals surface area contributed by atoms with Crippen molar-refractivity contribution >= 4 is 34.7 Å². The third-order valence-corrected chi connectivity index (χ3v) is 6.96. The lowest BCUT2D eigenvalue weighted by Crippen LogP contribution is -2.19. The molecule has 0 aliphatic rings. The molecule has 0 aliphatic carbocycles. The van der Waals surface area contributed by atoms with E-state index in [1.54, 1.807) is 53.2 Å². The molecule has 0 spiro atoms. The number of likely N-dealkylation sites (N-methyl/N-ethyl adjacent to an activating group) is 1. The van der Waals surface area contributed by atoms with Gasteiger partial charge in [0, 0.05) is 41.6 Å². The molecule has 6 aromatic rings. The van der Waals surface area contributed by atoms with Crippen molar-refractivity contribution < 1.29 is 9.18 Å². The number of nitrogens with zero attached hydrogens (tertiary/aromatic N) is 5. The molecule has 0 saturated heterocycles. The summed E-state index contributed by atoms with van der Waals surface area (Å²) in [5, 5.41) is 8.99. The fourth-order valence-electron chi connectivity index (χ4n) is 4.88. The van der Waals surface area contributed by atoms with E-state index in [4.69, 9.17) is 4.98 Å². The molecule has 0 aliphatic heterocycles. The third-order valence-electron chi connectivity index (χ3n) is 6.96. The predicted molar refractivity (Wildman–Crippen MR) is 173 cm³/mol. The van der Waals surface area contributed by atoms with Crippen LogP contribution in [0.3, 0.4) is 0 Å². The van der Waals surface area contributed by atoms with E-state index in [2.05, 4.69) is 57.0 Å². The highest BCUT2D eigenvalue weighted by atomic mass is 19.1. The van der Waals surface area contributed by atoms with Gasteiger partial charge in [-0.25, -0.2) is 24.1 Å². The first kappa shape index (κ1) is 28.5. The van der Waals surface area contributed by atoms with Crippen molar-refractivity contribution in [3.63, 3.8) is 0 Å². The SMILES string of the molecule is CN(C)CCc1cccc(Nc2nccc(-c3c(-c4cccc(NC(=O)Nc5ccccc5)c4)nc4c(F)cccn34)n2)c1. The summed E-state index contributed by atoms with van der Waals surface area (Å²) < 4.78 is 16.7. The number of nitrogens with one attached hydrogen (secondary N) is 3. The van der Waals surface area contributed by atoms with Crippen LogP contribution in [0.2, 0.25) is 0 Å². The number of halogens is 1. The zero-order valence-electron chi connectivity index (χ0n) is 24.3. The van der Waals surface area contributed by atoms with Gasteiger partial charge in [0.25, 0.3) is 0 Å². The highest BCUT2D eigenvalue weighted by Gasteiger charge is 2.20. The molecule has 0 radical (unpaired) electrons. The van der Waals surface area contributed by atoms with Crippen LogP contribution in [0, 0.1) is 5.82 Å². The Labute approximate surface area is 254 Å². The topological polar surface area (TPSA) is 99.5 Å². The van der Waals surface area contributed by atoms with Crippen molar-refractivity contribution in [1.82, 2.24) is 24.3 Å². The maximum atomic E-state index is 15.0. The van der Waals surface area contributed by atoms with Gasteiger partial charge in [0.1, 0.15) is 0 Å². The molecule has 6 rings (SSSR count). The molecule has 0 bridgehead atoms. The zero-order valence-corrected chi connectivity index (χ0v) is 24.3. The van der Waals surface area contributed by atoms with E-state index in [9.17, 15) is 9.18 Å². The van der Waals surface area contributed by atoms with Crippen LogP contribution in [0.25, 0.3) is 28.3 Å². The molecular weight excluding hydrogens is 555 g/mol. The van der Waals surface area contributed by atoms with E-state index in [0.29, 0.717) is 40.0 Å². The molecular formula is C34H31FN8O. The first-order valence-corrected chi connectivity index (χ1v) is 14.2. The van der Waals surface area contributed by atoms with Gasteiger partial charge in [-0.1, -0.05) is 42.5 Å². The van der Waals surface area contributed by atoms with Gasteiger partial charge in [-0.05, 0) is 80.7 Å². The number of para-hydroxylation sites is 1. The fourth-order valence-corrected chi connectivity index (χ4v) is 4.88. The van der Waals surface area contributed by atoms with Crippen LogP contribution in [0.4, 0.5) is 32.2 Å².